The van der Waals surface area contributed by atoms with Crippen LogP contribution < -0.4 is 5.32 Å². The lowest BCUT2D eigenvalue weighted by Gasteiger charge is -1.98. The summed E-state index contributed by atoms with van der Waals surface area (Å²) in [7, 11) is 0. The van der Waals surface area contributed by atoms with Crippen molar-refractivity contribution in [2.75, 3.05) is 13.2 Å². The van der Waals surface area contributed by atoms with Crippen LogP contribution in [-0.4, -0.2) is 39.3 Å². The van der Waals surface area contributed by atoms with E-state index >= 15 is 0 Å². The number of thiazole rings is 1. The molecule has 0 saturated carbocycles. The van der Waals surface area contributed by atoms with Crippen molar-refractivity contribution in [3.05, 3.63) is 51.6 Å². The molecule has 3 aromatic rings. The quantitative estimate of drug-likeness (QED) is 0.688. The minimum atomic E-state index is -0.430. The highest BCUT2D eigenvalue weighted by Crippen LogP contribution is 2.26. The fraction of sp³-hybridized carbons (Fsp3) is 0.176. The van der Waals surface area contributed by atoms with Crippen LogP contribution in [0.3, 0.4) is 0 Å². The molecule has 0 aliphatic heterocycles. The largest absolute Gasteiger partial charge is 0.395 e. The topological polar surface area (TPSA) is 101 Å². The van der Waals surface area contributed by atoms with Gasteiger partial charge in [0.1, 0.15) is 27.2 Å². The number of aromatic nitrogens is 3. The van der Waals surface area contributed by atoms with Gasteiger partial charge in [0, 0.05) is 12.1 Å². The predicted octanol–water partition coefficient (Wildman–Crippen LogP) is 2.53. The van der Waals surface area contributed by atoms with Gasteiger partial charge in [-0.05, 0) is 31.2 Å². The molecule has 3 heterocycles. The summed E-state index contributed by atoms with van der Waals surface area (Å²) in [4.78, 5) is 20.5. The van der Waals surface area contributed by atoms with E-state index in [2.05, 4.69) is 20.4 Å². The Kier molecular flexibility index (Phi) is 5.49. The molecule has 0 bridgehead atoms. The molecule has 0 fully saturated rings. The lowest BCUT2D eigenvalue weighted by Crippen LogP contribution is -2.25. The zero-order valence-electron chi connectivity index (χ0n) is 13.8. The van der Waals surface area contributed by atoms with Crippen LogP contribution in [0.4, 0.5) is 4.39 Å². The third kappa shape index (κ3) is 4.01. The Bertz CT molecular complexity index is 934. The van der Waals surface area contributed by atoms with Gasteiger partial charge in [0.05, 0.1) is 24.7 Å². The monoisotopic (exact) mass is 374 g/mol. The molecule has 1 amide bonds. The first-order valence-corrected chi connectivity index (χ1v) is 8.51. The molecule has 26 heavy (non-hydrogen) atoms. The SMILES string of the molecule is Cc1onc(-c2ccc(F)cn2)c1/C=C/c1ncc(C(=O)NCCO)s1. The van der Waals surface area contributed by atoms with Crippen LogP contribution >= 0.6 is 11.3 Å². The molecule has 3 aromatic heterocycles. The van der Waals surface area contributed by atoms with Crippen molar-refractivity contribution >= 4 is 29.4 Å². The van der Waals surface area contributed by atoms with Crippen LogP contribution in [0.25, 0.3) is 23.5 Å². The maximum Gasteiger partial charge on any atom is 0.263 e. The van der Waals surface area contributed by atoms with Gasteiger partial charge in [0.25, 0.3) is 5.91 Å². The van der Waals surface area contributed by atoms with Crippen molar-refractivity contribution in [2.45, 2.75) is 6.92 Å². The number of rotatable bonds is 6. The van der Waals surface area contributed by atoms with Crippen molar-refractivity contribution in [1.82, 2.24) is 20.4 Å². The molecule has 0 aliphatic rings. The Balaban J connectivity index is 1.81. The molecule has 0 aromatic carbocycles. The lowest BCUT2D eigenvalue weighted by molar-refractivity contribution is 0.0948. The number of hydrogen-bond donors (Lipinski definition) is 2. The van der Waals surface area contributed by atoms with Gasteiger partial charge in [0.15, 0.2) is 0 Å². The molecule has 0 aliphatic carbocycles. The fourth-order valence-electron chi connectivity index (χ4n) is 2.16. The average molecular weight is 374 g/mol. The summed E-state index contributed by atoms with van der Waals surface area (Å²) in [5.74, 6) is -0.130. The molecule has 0 spiro atoms. The molecule has 0 radical (unpaired) electrons. The van der Waals surface area contributed by atoms with Gasteiger partial charge in [-0.25, -0.2) is 9.37 Å². The lowest BCUT2D eigenvalue weighted by atomic mass is 10.1. The second-order valence-corrected chi connectivity index (χ2v) is 6.30. The summed E-state index contributed by atoms with van der Waals surface area (Å²) in [6, 6.07) is 2.83. The summed E-state index contributed by atoms with van der Waals surface area (Å²) >= 11 is 1.21. The smallest absolute Gasteiger partial charge is 0.263 e. The molecular weight excluding hydrogens is 359 g/mol. The summed E-state index contributed by atoms with van der Waals surface area (Å²) in [6.07, 6.45) is 6.09. The highest BCUT2D eigenvalue weighted by atomic mass is 32.1. The molecule has 7 nitrogen and oxygen atoms in total. The van der Waals surface area contributed by atoms with Crippen LogP contribution in [0.15, 0.2) is 29.0 Å². The fourth-order valence-corrected chi connectivity index (χ4v) is 2.89. The Hall–Kier alpha value is -2.91. The van der Waals surface area contributed by atoms with Crippen LogP contribution in [0.2, 0.25) is 0 Å². The van der Waals surface area contributed by atoms with Crippen molar-refractivity contribution in [3.8, 4) is 11.4 Å². The molecule has 0 atom stereocenters. The number of aliphatic hydroxyl groups excluding tert-OH is 1. The van der Waals surface area contributed by atoms with Crippen LogP contribution in [0.1, 0.15) is 26.0 Å². The maximum atomic E-state index is 13.0. The molecule has 0 unspecified atom stereocenters. The Morgan fingerprint density at radius 2 is 2.19 bits per heavy atom. The van der Waals surface area contributed by atoms with E-state index < -0.39 is 5.82 Å². The number of nitrogens with one attached hydrogen (secondary N) is 1. The number of aliphatic hydroxyl groups is 1. The molecule has 134 valence electrons. The number of amides is 1. The number of nitrogens with zero attached hydrogens (tertiary/aromatic N) is 3. The summed E-state index contributed by atoms with van der Waals surface area (Å²) < 4.78 is 18.3. The van der Waals surface area contributed by atoms with E-state index in [1.165, 1.54) is 29.7 Å². The van der Waals surface area contributed by atoms with Gasteiger partial charge < -0.3 is 14.9 Å². The second-order valence-electron chi connectivity index (χ2n) is 5.24. The van der Waals surface area contributed by atoms with E-state index in [4.69, 9.17) is 9.63 Å². The molecule has 2 N–H and O–H groups in total. The number of carbonyl (C=O) groups excluding carboxylic acids is 1. The van der Waals surface area contributed by atoms with Gasteiger partial charge in [-0.2, -0.15) is 0 Å². The summed E-state index contributed by atoms with van der Waals surface area (Å²) in [5.41, 5.74) is 1.69. The Morgan fingerprint density at radius 1 is 1.35 bits per heavy atom. The van der Waals surface area contributed by atoms with Crippen LogP contribution in [0.5, 0.6) is 0 Å². The number of hydrogen-bond acceptors (Lipinski definition) is 7. The van der Waals surface area contributed by atoms with Crippen LogP contribution in [-0.2, 0) is 0 Å². The first-order chi connectivity index (χ1) is 12.6. The molecule has 0 saturated heterocycles. The number of halogens is 1. The van der Waals surface area contributed by atoms with E-state index in [0.717, 1.165) is 6.20 Å². The second kappa shape index (κ2) is 7.98. The molecule has 3 rings (SSSR count). The third-order valence-corrected chi connectivity index (χ3v) is 4.38. The minimum absolute atomic E-state index is 0.121. The van der Waals surface area contributed by atoms with Gasteiger partial charge in [-0.1, -0.05) is 5.16 Å². The van der Waals surface area contributed by atoms with Gasteiger partial charge in [0.2, 0.25) is 0 Å². The van der Waals surface area contributed by atoms with Crippen molar-refractivity contribution < 1.29 is 18.8 Å². The average Bonchev–Trinajstić information content (AvgIpc) is 3.25. The van der Waals surface area contributed by atoms with Gasteiger partial charge >= 0.3 is 0 Å². The predicted molar refractivity (Wildman–Crippen MR) is 94.9 cm³/mol. The summed E-state index contributed by atoms with van der Waals surface area (Å²) in [6.45, 7) is 1.83. The zero-order valence-corrected chi connectivity index (χ0v) is 14.6. The first-order valence-electron chi connectivity index (χ1n) is 7.69. The van der Waals surface area contributed by atoms with E-state index in [1.54, 1.807) is 19.1 Å². The number of aryl methyl sites for hydroxylation is 1. The third-order valence-electron chi connectivity index (χ3n) is 3.42. The van der Waals surface area contributed by atoms with Gasteiger partial charge in [-0.15, -0.1) is 11.3 Å². The Morgan fingerprint density at radius 3 is 2.92 bits per heavy atom. The standard InChI is InChI=1S/C17H15FN4O3S/c1-10-12(16(22-25-10)13-4-2-11(18)8-20-13)3-5-15-21-9-14(26-15)17(24)19-6-7-23/h2-5,8-9,23H,6-7H2,1H3,(H,19,24)/b5-3+. The normalized spacial score (nSPS) is 11.2. The minimum Gasteiger partial charge on any atom is -0.395 e. The highest BCUT2D eigenvalue weighted by molar-refractivity contribution is 7.14. The molecular formula is C17H15FN4O3S. The number of pyridine rings is 1. The summed E-state index contributed by atoms with van der Waals surface area (Å²) in [5, 5.41) is 15.9. The molecule has 9 heteroatoms. The highest BCUT2D eigenvalue weighted by Gasteiger charge is 2.14. The van der Waals surface area contributed by atoms with Crippen molar-refractivity contribution in [3.63, 3.8) is 0 Å². The van der Waals surface area contributed by atoms with Crippen LogP contribution in [0, 0.1) is 12.7 Å². The van der Waals surface area contributed by atoms with Gasteiger partial charge in [-0.3, -0.25) is 9.78 Å². The maximum absolute atomic E-state index is 13.0. The first kappa shape index (κ1) is 17.9. The Labute approximate surface area is 152 Å². The number of carbonyl (C=O) groups is 1. The zero-order chi connectivity index (χ0) is 18.5. The van der Waals surface area contributed by atoms with Crippen molar-refractivity contribution in [1.29, 1.82) is 0 Å². The van der Waals surface area contributed by atoms with Crippen molar-refractivity contribution in [2.24, 2.45) is 0 Å². The van der Waals surface area contributed by atoms with E-state index in [9.17, 15) is 9.18 Å². The van der Waals surface area contributed by atoms with E-state index in [-0.39, 0.29) is 19.1 Å². The van der Waals surface area contributed by atoms with E-state index in [1.807, 2.05) is 0 Å². The van der Waals surface area contributed by atoms with E-state index in [0.29, 0.717) is 32.6 Å².